The average molecular weight is 373 g/mol. The molecule has 0 N–H and O–H groups in total. The molecular weight excluding hydrogens is 324 g/mol. The molecular formula is C22H48N2O2. The largest absolute Gasteiger partial charge is 0.296 e. The van der Waals surface area contributed by atoms with E-state index in [-0.39, 0.29) is 11.2 Å². The third kappa shape index (κ3) is 8.24. The molecule has 0 bridgehead atoms. The van der Waals surface area contributed by atoms with Crippen LogP contribution in [0.25, 0.3) is 0 Å². The van der Waals surface area contributed by atoms with Crippen LogP contribution in [0.3, 0.4) is 0 Å². The van der Waals surface area contributed by atoms with Gasteiger partial charge in [-0.1, -0.05) is 13.8 Å². The zero-order valence-corrected chi connectivity index (χ0v) is 19.8. The molecule has 0 heterocycles. The number of hydrogen-bond acceptors (Lipinski definition) is 4. The summed E-state index contributed by atoms with van der Waals surface area (Å²) in [6.45, 7) is 28.4. The predicted octanol–water partition coefficient (Wildman–Crippen LogP) is 5.51. The van der Waals surface area contributed by atoms with E-state index in [9.17, 15) is 0 Å². The van der Waals surface area contributed by atoms with Gasteiger partial charge >= 0.3 is 0 Å². The maximum Gasteiger partial charge on any atom is 0.113 e. The Morgan fingerprint density at radius 2 is 0.808 bits per heavy atom. The molecule has 0 saturated heterocycles. The molecule has 0 aromatic carbocycles. The van der Waals surface area contributed by atoms with E-state index in [2.05, 4.69) is 92.9 Å². The second kappa shape index (κ2) is 11.0. The first kappa shape index (κ1) is 25.8. The fourth-order valence-corrected chi connectivity index (χ4v) is 3.29. The molecule has 2 atom stereocenters. The molecule has 2 unspecified atom stereocenters. The lowest BCUT2D eigenvalue weighted by Gasteiger charge is -2.42. The Morgan fingerprint density at radius 3 is 0.962 bits per heavy atom. The second-order valence-electron chi connectivity index (χ2n) is 9.49. The van der Waals surface area contributed by atoms with Gasteiger partial charge in [0.05, 0.1) is 0 Å². The molecule has 0 aromatic heterocycles. The van der Waals surface area contributed by atoms with Crippen LogP contribution in [-0.2, 0) is 9.78 Å². The molecule has 0 aliphatic rings. The van der Waals surface area contributed by atoms with Crippen LogP contribution in [-0.4, -0.2) is 58.3 Å². The van der Waals surface area contributed by atoms with Gasteiger partial charge in [0.1, 0.15) is 11.2 Å². The summed E-state index contributed by atoms with van der Waals surface area (Å²) < 4.78 is 0. The third-order valence-electron chi connectivity index (χ3n) is 5.63. The van der Waals surface area contributed by atoms with Crippen molar-refractivity contribution in [2.45, 2.75) is 131 Å². The summed E-state index contributed by atoms with van der Waals surface area (Å²) in [6.07, 6.45) is 1.83. The van der Waals surface area contributed by atoms with Gasteiger partial charge < -0.3 is 0 Å². The van der Waals surface area contributed by atoms with E-state index < -0.39 is 0 Å². The molecule has 0 radical (unpaired) electrons. The zero-order chi connectivity index (χ0) is 20.7. The average Bonchev–Trinajstić information content (AvgIpc) is 2.54. The van der Waals surface area contributed by atoms with Crippen molar-refractivity contribution >= 4 is 0 Å². The fraction of sp³-hybridized carbons (Fsp3) is 1.00. The first-order valence-electron chi connectivity index (χ1n) is 10.7. The summed E-state index contributed by atoms with van der Waals surface area (Å²) in [4.78, 5) is 17.3. The molecule has 0 fully saturated rings. The molecule has 0 aliphatic carbocycles. The molecule has 4 heteroatoms. The molecule has 0 amide bonds. The van der Waals surface area contributed by atoms with Gasteiger partial charge in [-0.2, -0.15) is 0 Å². The Labute approximate surface area is 164 Å². The van der Waals surface area contributed by atoms with Crippen molar-refractivity contribution in [3.05, 3.63) is 0 Å². The van der Waals surface area contributed by atoms with Gasteiger partial charge in [-0.25, -0.2) is 9.78 Å². The van der Waals surface area contributed by atoms with Crippen molar-refractivity contribution < 1.29 is 9.78 Å². The lowest BCUT2D eigenvalue weighted by atomic mass is 10.00. The van der Waals surface area contributed by atoms with Gasteiger partial charge in [-0.05, 0) is 82.1 Å². The van der Waals surface area contributed by atoms with Crippen LogP contribution in [0.2, 0.25) is 0 Å². The van der Waals surface area contributed by atoms with Crippen molar-refractivity contribution in [1.29, 1.82) is 0 Å². The minimum absolute atomic E-state index is 0.314. The van der Waals surface area contributed by atoms with E-state index in [4.69, 9.17) is 9.78 Å². The molecule has 0 saturated carbocycles. The lowest BCUT2D eigenvalue weighted by Crippen LogP contribution is -2.52. The van der Waals surface area contributed by atoms with Crippen LogP contribution in [0.5, 0.6) is 0 Å². The molecule has 0 spiro atoms. The predicted molar refractivity (Wildman–Crippen MR) is 114 cm³/mol. The summed E-state index contributed by atoms with van der Waals surface area (Å²) in [5.41, 5.74) is -0.628. The van der Waals surface area contributed by atoms with Crippen LogP contribution < -0.4 is 0 Å². The van der Waals surface area contributed by atoms with E-state index in [1.165, 1.54) is 0 Å². The van der Waals surface area contributed by atoms with E-state index in [0.29, 0.717) is 24.2 Å². The third-order valence-corrected chi connectivity index (χ3v) is 5.63. The van der Waals surface area contributed by atoms with Gasteiger partial charge in [0.25, 0.3) is 0 Å². The van der Waals surface area contributed by atoms with Gasteiger partial charge in [0.2, 0.25) is 0 Å². The highest BCUT2D eigenvalue weighted by atomic mass is 17.2. The number of hydrogen-bond donors (Lipinski definition) is 0. The van der Waals surface area contributed by atoms with E-state index in [0.717, 1.165) is 25.9 Å². The van der Waals surface area contributed by atoms with Gasteiger partial charge in [0.15, 0.2) is 0 Å². The summed E-state index contributed by atoms with van der Waals surface area (Å²) in [5.74, 6) is 0. The zero-order valence-electron chi connectivity index (χ0n) is 19.8. The highest BCUT2D eigenvalue weighted by molar-refractivity contribution is 4.83. The smallest absolute Gasteiger partial charge is 0.113 e. The number of nitrogens with zero attached hydrogens (tertiary/aromatic N) is 2. The van der Waals surface area contributed by atoms with Gasteiger partial charge in [-0.3, -0.25) is 9.80 Å². The van der Waals surface area contributed by atoms with Crippen LogP contribution in [0, 0.1) is 0 Å². The van der Waals surface area contributed by atoms with Gasteiger partial charge in [0, 0.05) is 37.3 Å². The SMILES string of the molecule is CCC(C)(CN(C(C)C)C(C)C)OOC(C)(CC)CN(C(C)C)C(C)C. The monoisotopic (exact) mass is 372 g/mol. The van der Waals surface area contributed by atoms with Crippen molar-refractivity contribution in [1.82, 2.24) is 9.80 Å². The Kier molecular flexibility index (Phi) is 10.9. The van der Waals surface area contributed by atoms with Crippen LogP contribution in [0.1, 0.15) is 95.9 Å². The summed E-state index contributed by atoms with van der Waals surface area (Å²) in [5, 5.41) is 0. The standard InChI is InChI=1S/C22H48N2O2/c1-13-21(11,15-23(17(3)4)18(5)6)25-26-22(12,14-2)16-24(19(7)8)20(9)10/h17-20H,13-16H2,1-12H3. The minimum Gasteiger partial charge on any atom is -0.296 e. The quantitative estimate of drug-likeness (QED) is 0.314. The fourth-order valence-electron chi connectivity index (χ4n) is 3.29. The summed E-state index contributed by atoms with van der Waals surface area (Å²) >= 11 is 0. The summed E-state index contributed by atoms with van der Waals surface area (Å²) in [7, 11) is 0. The molecule has 158 valence electrons. The lowest BCUT2D eigenvalue weighted by molar-refractivity contribution is -0.412. The highest BCUT2D eigenvalue weighted by Crippen LogP contribution is 2.27. The Morgan fingerprint density at radius 1 is 0.577 bits per heavy atom. The van der Waals surface area contributed by atoms with Crippen molar-refractivity contribution in [3.8, 4) is 0 Å². The normalized spacial score (nSPS) is 17.8. The topological polar surface area (TPSA) is 24.9 Å². The molecule has 0 aromatic rings. The molecule has 4 nitrogen and oxygen atoms in total. The molecule has 26 heavy (non-hydrogen) atoms. The van der Waals surface area contributed by atoms with E-state index in [1.807, 2.05) is 0 Å². The highest BCUT2D eigenvalue weighted by Gasteiger charge is 2.35. The maximum atomic E-state index is 6.16. The first-order chi connectivity index (χ1) is 11.8. The summed E-state index contributed by atoms with van der Waals surface area (Å²) in [6, 6.07) is 1.94. The maximum absolute atomic E-state index is 6.16. The van der Waals surface area contributed by atoms with E-state index in [1.54, 1.807) is 0 Å². The first-order valence-corrected chi connectivity index (χ1v) is 10.7. The van der Waals surface area contributed by atoms with Crippen molar-refractivity contribution in [2.75, 3.05) is 13.1 Å². The molecule has 0 rings (SSSR count). The van der Waals surface area contributed by atoms with Crippen LogP contribution >= 0.6 is 0 Å². The molecule has 0 aliphatic heterocycles. The van der Waals surface area contributed by atoms with Gasteiger partial charge in [-0.15, -0.1) is 0 Å². The van der Waals surface area contributed by atoms with Crippen molar-refractivity contribution in [2.24, 2.45) is 0 Å². The van der Waals surface area contributed by atoms with Crippen LogP contribution in [0.15, 0.2) is 0 Å². The minimum atomic E-state index is -0.314. The Bertz CT molecular complexity index is 332. The van der Waals surface area contributed by atoms with Crippen LogP contribution in [0.4, 0.5) is 0 Å². The second-order valence-corrected chi connectivity index (χ2v) is 9.49. The Balaban J connectivity index is 5.13. The van der Waals surface area contributed by atoms with Crippen molar-refractivity contribution in [3.63, 3.8) is 0 Å². The van der Waals surface area contributed by atoms with E-state index >= 15 is 0 Å². The number of rotatable bonds is 13. The Hall–Kier alpha value is -0.160.